The van der Waals surface area contributed by atoms with Crippen LogP contribution in [0.25, 0.3) is 0 Å². The second-order valence-electron chi connectivity index (χ2n) is 4.69. The van der Waals surface area contributed by atoms with Gasteiger partial charge in [0.15, 0.2) is 0 Å². The average molecular weight is 301 g/mol. The number of hydrogen-bond donors (Lipinski definition) is 1. The Hall–Kier alpha value is -0.380. The number of ether oxygens (including phenoxy) is 1. The quantitative estimate of drug-likeness (QED) is 0.780. The number of rotatable bonds is 7. The van der Waals surface area contributed by atoms with Crippen molar-refractivity contribution in [2.45, 2.75) is 26.2 Å². The molecule has 1 aromatic rings. The molecule has 1 rings (SSSR count). The van der Waals surface area contributed by atoms with Crippen LogP contribution in [0.5, 0.6) is 0 Å². The fraction of sp³-hybridized carbons (Fsp3) is 0.571. The summed E-state index contributed by atoms with van der Waals surface area (Å²) in [5.74, 6) is 0.730. The molecule has 0 fully saturated rings. The largest absolute Gasteiger partial charge is 0.396 e. The molecule has 3 heteroatoms. The number of aliphatic hydroxyl groups is 1. The van der Waals surface area contributed by atoms with Gasteiger partial charge in [-0.15, -0.1) is 0 Å². The molecule has 0 aliphatic carbocycles. The molecule has 0 saturated carbocycles. The van der Waals surface area contributed by atoms with Crippen molar-refractivity contribution in [1.29, 1.82) is 0 Å². The second-order valence-corrected chi connectivity index (χ2v) is 5.61. The molecule has 1 aromatic carbocycles. The first-order chi connectivity index (χ1) is 8.13. The minimum absolute atomic E-state index is 0.166. The molecule has 0 aliphatic rings. The monoisotopic (exact) mass is 300 g/mol. The molecule has 1 atom stereocenters. The maximum Gasteiger partial charge on any atom is 0.0500 e. The molecule has 0 heterocycles. The smallest absolute Gasteiger partial charge is 0.0500 e. The lowest BCUT2D eigenvalue weighted by Crippen LogP contribution is -2.10. The van der Waals surface area contributed by atoms with Crippen LogP contribution >= 0.6 is 15.9 Å². The van der Waals surface area contributed by atoms with Gasteiger partial charge < -0.3 is 9.84 Å². The summed E-state index contributed by atoms with van der Waals surface area (Å²) in [7, 11) is 0. The van der Waals surface area contributed by atoms with Gasteiger partial charge >= 0.3 is 0 Å². The summed E-state index contributed by atoms with van der Waals surface area (Å²) in [5.41, 5.74) is 1.16. The van der Waals surface area contributed by atoms with Gasteiger partial charge in [-0.3, -0.25) is 0 Å². The Kier molecular flexibility index (Phi) is 6.78. The van der Waals surface area contributed by atoms with E-state index in [4.69, 9.17) is 4.74 Å². The average Bonchev–Trinajstić information content (AvgIpc) is 2.29. The topological polar surface area (TPSA) is 29.5 Å². The van der Waals surface area contributed by atoms with Gasteiger partial charge in [0.2, 0.25) is 0 Å². The fourth-order valence-corrected chi connectivity index (χ4v) is 2.09. The van der Waals surface area contributed by atoms with Crippen molar-refractivity contribution < 1.29 is 9.84 Å². The van der Waals surface area contributed by atoms with Crippen LogP contribution in [0.2, 0.25) is 0 Å². The summed E-state index contributed by atoms with van der Waals surface area (Å²) in [6.45, 7) is 5.93. The van der Waals surface area contributed by atoms with E-state index in [1.807, 2.05) is 18.2 Å². The predicted molar refractivity (Wildman–Crippen MR) is 74.2 cm³/mol. The molecule has 0 radical (unpaired) electrons. The van der Waals surface area contributed by atoms with Gasteiger partial charge in [0.25, 0.3) is 0 Å². The van der Waals surface area contributed by atoms with E-state index in [2.05, 4.69) is 35.8 Å². The standard InChI is InChI=1S/C14H21BrO2/c1-11(2)10-17-7-6-13(9-16)12-4-3-5-14(15)8-12/h3-5,8,11,13,16H,6-7,9-10H2,1-2H3. The maximum atomic E-state index is 9.41. The first-order valence-corrected chi connectivity index (χ1v) is 6.87. The molecule has 2 nitrogen and oxygen atoms in total. The predicted octanol–water partition coefficient (Wildman–Crippen LogP) is 3.59. The summed E-state index contributed by atoms with van der Waals surface area (Å²) < 4.78 is 6.61. The number of halogens is 1. The molecule has 0 aromatic heterocycles. The Labute approximate surface area is 112 Å². The van der Waals surface area contributed by atoms with Crippen LogP contribution in [0.3, 0.4) is 0 Å². The van der Waals surface area contributed by atoms with E-state index < -0.39 is 0 Å². The Balaban J connectivity index is 2.43. The van der Waals surface area contributed by atoms with Gasteiger partial charge in [-0.25, -0.2) is 0 Å². The molecular weight excluding hydrogens is 280 g/mol. The van der Waals surface area contributed by atoms with E-state index >= 15 is 0 Å². The number of benzene rings is 1. The minimum atomic E-state index is 0.166. The summed E-state index contributed by atoms with van der Waals surface area (Å²) in [5, 5.41) is 9.41. The molecule has 17 heavy (non-hydrogen) atoms. The third-order valence-corrected chi connectivity index (χ3v) is 3.10. The molecule has 0 saturated heterocycles. The Morgan fingerprint density at radius 3 is 2.71 bits per heavy atom. The SMILES string of the molecule is CC(C)COCCC(CO)c1cccc(Br)c1. The molecule has 1 N–H and O–H groups in total. The number of hydrogen-bond acceptors (Lipinski definition) is 2. The van der Waals surface area contributed by atoms with Gasteiger partial charge in [0, 0.05) is 23.6 Å². The zero-order chi connectivity index (χ0) is 12.7. The normalized spacial score (nSPS) is 13.0. The summed E-state index contributed by atoms with van der Waals surface area (Å²) in [6, 6.07) is 8.10. The Bertz CT molecular complexity index is 326. The maximum absolute atomic E-state index is 9.41. The summed E-state index contributed by atoms with van der Waals surface area (Å²) >= 11 is 3.45. The van der Waals surface area contributed by atoms with Crippen molar-refractivity contribution in [2.24, 2.45) is 5.92 Å². The van der Waals surface area contributed by atoms with Gasteiger partial charge in [-0.2, -0.15) is 0 Å². The molecule has 1 unspecified atom stereocenters. The molecule has 0 aliphatic heterocycles. The molecule has 96 valence electrons. The lowest BCUT2D eigenvalue weighted by molar-refractivity contribution is 0.0977. The highest BCUT2D eigenvalue weighted by Crippen LogP contribution is 2.22. The first-order valence-electron chi connectivity index (χ1n) is 6.07. The highest BCUT2D eigenvalue weighted by Gasteiger charge is 2.10. The number of aliphatic hydroxyl groups excluding tert-OH is 1. The van der Waals surface area contributed by atoms with Crippen molar-refractivity contribution in [3.8, 4) is 0 Å². The van der Waals surface area contributed by atoms with E-state index in [0.717, 1.165) is 23.1 Å². The van der Waals surface area contributed by atoms with Crippen molar-refractivity contribution in [1.82, 2.24) is 0 Å². The summed E-state index contributed by atoms with van der Waals surface area (Å²) in [4.78, 5) is 0. The van der Waals surface area contributed by atoms with E-state index in [-0.39, 0.29) is 12.5 Å². The van der Waals surface area contributed by atoms with Gasteiger partial charge in [0.1, 0.15) is 0 Å². The highest BCUT2D eigenvalue weighted by molar-refractivity contribution is 9.10. The Morgan fingerprint density at radius 2 is 2.12 bits per heavy atom. The van der Waals surface area contributed by atoms with Gasteiger partial charge in [0.05, 0.1) is 6.61 Å². The van der Waals surface area contributed by atoms with E-state index in [1.165, 1.54) is 0 Å². The first kappa shape index (κ1) is 14.7. The van der Waals surface area contributed by atoms with Crippen LogP contribution < -0.4 is 0 Å². The molecule has 0 spiro atoms. The van der Waals surface area contributed by atoms with Gasteiger partial charge in [-0.1, -0.05) is 41.9 Å². The van der Waals surface area contributed by atoms with Crippen molar-refractivity contribution in [2.75, 3.05) is 19.8 Å². The molecule has 0 amide bonds. The minimum Gasteiger partial charge on any atom is -0.396 e. The Morgan fingerprint density at radius 1 is 1.35 bits per heavy atom. The van der Waals surface area contributed by atoms with E-state index in [9.17, 15) is 5.11 Å². The zero-order valence-electron chi connectivity index (χ0n) is 10.5. The van der Waals surface area contributed by atoms with Crippen molar-refractivity contribution in [3.63, 3.8) is 0 Å². The van der Waals surface area contributed by atoms with Crippen LogP contribution in [-0.4, -0.2) is 24.9 Å². The third kappa shape index (κ3) is 5.66. The van der Waals surface area contributed by atoms with E-state index in [0.29, 0.717) is 12.5 Å². The van der Waals surface area contributed by atoms with Crippen molar-refractivity contribution in [3.05, 3.63) is 34.3 Å². The van der Waals surface area contributed by atoms with E-state index in [1.54, 1.807) is 0 Å². The fourth-order valence-electron chi connectivity index (χ4n) is 1.67. The second kappa shape index (κ2) is 7.85. The molecular formula is C14H21BrO2. The highest BCUT2D eigenvalue weighted by atomic mass is 79.9. The lowest BCUT2D eigenvalue weighted by Gasteiger charge is -2.15. The molecule has 0 bridgehead atoms. The van der Waals surface area contributed by atoms with Crippen LogP contribution in [0, 0.1) is 5.92 Å². The third-order valence-electron chi connectivity index (χ3n) is 2.60. The zero-order valence-corrected chi connectivity index (χ0v) is 12.1. The van der Waals surface area contributed by atoms with Crippen LogP contribution in [-0.2, 0) is 4.74 Å². The summed E-state index contributed by atoms with van der Waals surface area (Å²) in [6.07, 6.45) is 0.861. The van der Waals surface area contributed by atoms with Gasteiger partial charge in [-0.05, 0) is 30.0 Å². The van der Waals surface area contributed by atoms with Crippen LogP contribution in [0.4, 0.5) is 0 Å². The van der Waals surface area contributed by atoms with Crippen LogP contribution in [0.1, 0.15) is 31.7 Å². The van der Waals surface area contributed by atoms with Crippen LogP contribution in [0.15, 0.2) is 28.7 Å². The van der Waals surface area contributed by atoms with Crippen molar-refractivity contribution >= 4 is 15.9 Å². The lowest BCUT2D eigenvalue weighted by atomic mass is 9.97.